The molecule has 0 radical (unpaired) electrons. The van der Waals surface area contributed by atoms with Crippen molar-refractivity contribution in [2.24, 2.45) is 5.92 Å². The number of pyridine rings is 1. The quantitative estimate of drug-likeness (QED) is 0.721. The molecule has 0 saturated carbocycles. The summed E-state index contributed by atoms with van der Waals surface area (Å²) in [7, 11) is 0. The monoisotopic (exact) mass is 341 g/mol. The first-order valence-electron chi connectivity index (χ1n) is 8.69. The van der Waals surface area contributed by atoms with Crippen LogP contribution in [0.15, 0.2) is 48.8 Å². The average molecular weight is 341 g/mol. The van der Waals surface area contributed by atoms with Crippen molar-refractivity contribution in [3.8, 4) is 11.1 Å². The lowest BCUT2D eigenvalue weighted by Crippen LogP contribution is -2.45. The number of hydrogen-bond acceptors (Lipinski definition) is 3. The highest BCUT2D eigenvalue weighted by atomic mass is 16.3. The molecule has 0 spiro atoms. The van der Waals surface area contributed by atoms with E-state index in [1.807, 2.05) is 63.4 Å². The van der Waals surface area contributed by atoms with Crippen LogP contribution in [-0.2, 0) is 0 Å². The molecule has 5 nitrogen and oxygen atoms in total. The Morgan fingerprint density at radius 1 is 1.08 bits per heavy atom. The summed E-state index contributed by atoms with van der Waals surface area (Å²) >= 11 is 0. The van der Waals surface area contributed by atoms with Gasteiger partial charge in [0.25, 0.3) is 0 Å². The molecule has 2 unspecified atom stereocenters. The second-order valence-corrected chi connectivity index (χ2v) is 6.57. The minimum atomic E-state index is -0.212. The number of hydrogen-bond donors (Lipinski definition) is 3. The largest absolute Gasteiger partial charge is 0.396 e. The van der Waals surface area contributed by atoms with Crippen molar-refractivity contribution in [3.05, 3.63) is 54.4 Å². The van der Waals surface area contributed by atoms with Gasteiger partial charge < -0.3 is 15.7 Å². The van der Waals surface area contributed by atoms with Gasteiger partial charge in [-0.1, -0.05) is 44.2 Å². The van der Waals surface area contributed by atoms with Gasteiger partial charge in [-0.2, -0.15) is 0 Å². The molecule has 25 heavy (non-hydrogen) atoms. The summed E-state index contributed by atoms with van der Waals surface area (Å²) < 4.78 is 0. The summed E-state index contributed by atoms with van der Waals surface area (Å²) in [4.78, 5) is 16.3. The van der Waals surface area contributed by atoms with Crippen LogP contribution in [-0.4, -0.2) is 28.8 Å². The second kappa shape index (κ2) is 9.18. The first-order valence-corrected chi connectivity index (χ1v) is 8.69. The van der Waals surface area contributed by atoms with Crippen molar-refractivity contribution in [1.29, 1.82) is 0 Å². The maximum atomic E-state index is 12.2. The van der Waals surface area contributed by atoms with E-state index in [4.69, 9.17) is 5.11 Å². The average Bonchev–Trinajstić information content (AvgIpc) is 2.62. The van der Waals surface area contributed by atoms with Gasteiger partial charge in [0.15, 0.2) is 0 Å². The summed E-state index contributed by atoms with van der Waals surface area (Å²) in [5.74, 6) is 0.270. The first-order chi connectivity index (χ1) is 12.0. The molecular weight excluding hydrogens is 314 g/mol. The van der Waals surface area contributed by atoms with E-state index in [-0.39, 0.29) is 30.6 Å². The Balaban J connectivity index is 1.96. The standard InChI is InChI=1S/C20H27N3O2/c1-14(2)19(10-12-24)23-20(25)22-15(3)16-6-8-17(9-7-16)18-5-4-11-21-13-18/h4-9,11,13-15,19,24H,10,12H2,1-3H3,(H2,22,23,25). The third-order valence-electron chi connectivity index (χ3n) is 4.31. The van der Waals surface area contributed by atoms with Crippen LogP contribution < -0.4 is 10.6 Å². The van der Waals surface area contributed by atoms with Crippen LogP contribution in [0.1, 0.15) is 38.8 Å². The van der Waals surface area contributed by atoms with Crippen molar-refractivity contribution in [1.82, 2.24) is 15.6 Å². The molecule has 0 aliphatic heterocycles. The van der Waals surface area contributed by atoms with Gasteiger partial charge in [0.1, 0.15) is 0 Å². The topological polar surface area (TPSA) is 74.2 Å². The van der Waals surface area contributed by atoms with Crippen LogP contribution in [0.3, 0.4) is 0 Å². The van der Waals surface area contributed by atoms with Gasteiger partial charge in [0, 0.05) is 25.0 Å². The molecule has 1 aromatic carbocycles. The number of amides is 2. The Hall–Kier alpha value is -2.40. The van der Waals surface area contributed by atoms with Gasteiger partial charge in [0.2, 0.25) is 0 Å². The smallest absolute Gasteiger partial charge is 0.315 e. The molecule has 2 rings (SSSR count). The Labute approximate surface area is 149 Å². The van der Waals surface area contributed by atoms with Crippen LogP contribution in [0.5, 0.6) is 0 Å². The number of benzene rings is 1. The number of urea groups is 1. The summed E-state index contributed by atoms with van der Waals surface area (Å²) in [6, 6.07) is 11.7. The van der Waals surface area contributed by atoms with Crippen molar-refractivity contribution >= 4 is 6.03 Å². The van der Waals surface area contributed by atoms with Gasteiger partial charge in [-0.05, 0) is 42.0 Å². The zero-order valence-electron chi connectivity index (χ0n) is 15.1. The predicted octanol–water partition coefficient (Wildman–Crippen LogP) is 3.52. The summed E-state index contributed by atoms with van der Waals surface area (Å²) in [5, 5.41) is 15.0. The zero-order chi connectivity index (χ0) is 18.2. The van der Waals surface area contributed by atoms with Crippen LogP contribution in [0.4, 0.5) is 4.79 Å². The van der Waals surface area contributed by atoms with E-state index in [1.165, 1.54) is 0 Å². The lowest BCUT2D eigenvalue weighted by molar-refractivity contribution is 0.216. The SMILES string of the molecule is CC(NC(=O)NC(CCO)C(C)C)c1ccc(-c2cccnc2)cc1. The van der Waals surface area contributed by atoms with Crippen molar-refractivity contribution < 1.29 is 9.90 Å². The van der Waals surface area contributed by atoms with E-state index in [1.54, 1.807) is 6.20 Å². The Kier molecular flexibility index (Phi) is 6.95. The molecule has 0 bridgehead atoms. The number of carbonyl (C=O) groups is 1. The fourth-order valence-corrected chi connectivity index (χ4v) is 2.70. The van der Waals surface area contributed by atoms with E-state index in [0.29, 0.717) is 6.42 Å². The molecule has 3 N–H and O–H groups in total. The second-order valence-electron chi connectivity index (χ2n) is 6.57. The lowest BCUT2D eigenvalue weighted by Gasteiger charge is -2.23. The minimum Gasteiger partial charge on any atom is -0.396 e. The third kappa shape index (κ3) is 5.57. The number of nitrogens with one attached hydrogen (secondary N) is 2. The molecule has 5 heteroatoms. The number of carbonyl (C=O) groups excluding carboxylic acids is 1. The van der Waals surface area contributed by atoms with Crippen LogP contribution in [0, 0.1) is 5.92 Å². The molecule has 0 saturated heterocycles. The maximum Gasteiger partial charge on any atom is 0.315 e. The molecule has 0 aliphatic rings. The van der Waals surface area contributed by atoms with Gasteiger partial charge in [-0.15, -0.1) is 0 Å². The van der Waals surface area contributed by atoms with E-state index in [0.717, 1.165) is 16.7 Å². The maximum absolute atomic E-state index is 12.2. The molecule has 0 aliphatic carbocycles. The number of aliphatic hydroxyl groups is 1. The molecular formula is C20H27N3O2. The number of nitrogens with zero attached hydrogens (tertiary/aromatic N) is 1. The third-order valence-corrected chi connectivity index (χ3v) is 4.31. The van der Waals surface area contributed by atoms with Crippen LogP contribution >= 0.6 is 0 Å². The normalized spacial score (nSPS) is 13.3. The van der Waals surface area contributed by atoms with E-state index < -0.39 is 0 Å². The Morgan fingerprint density at radius 2 is 1.80 bits per heavy atom. The highest BCUT2D eigenvalue weighted by Crippen LogP contribution is 2.21. The molecule has 2 amide bonds. The zero-order valence-corrected chi connectivity index (χ0v) is 15.1. The highest BCUT2D eigenvalue weighted by molar-refractivity contribution is 5.74. The highest BCUT2D eigenvalue weighted by Gasteiger charge is 2.17. The predicted molar refractivity (Wildman–Crippen MR) is 100 cm³/mol. The summed E-state index contributed by atoms with van der Waals surface area (Å²) in [5.41, 5.74) is 3.19. The number of aromatic nitrogens is 1. The van der Waals surface area contributed by atoms with Gasteiger partial charge in [-0.25, -0.2) is 4.79 Å². The van der Waals surface area contributed by atoms with Crippen molar-refractivity contribution in [3.63, 3.8) is 0 Å². The summed E-state index contributed by atoms with van der Waals surface area (Å²) in [6.07, 6.45) is 4.14. The van der Waals surface area contributed by atoms with Crippen LogP contribution in [0.2, 0.25) is 0 Å². The molecule has 2 atom stereocenters. The van der Waals surface area contributed by atoms with E-state index in [9.17, 15) is 4.79 Å². The molecule has 0 fully saturated rings. The number of aliphatic hydroxyl groups excluding tert-OH is 1. The van der Waals surface area contributed by atoms with E-state index in [2.05, 4.69) is 15.6 Å². The molecule has 2 aromatic rings. The van der Waals surface area contributed by atoms with E-state index >= 15 is 0 Å². The summed E-state index contributed by atoms with van der Waals surface area (Å²) in [6.45, 7) is 6.08. The first kappa shape index (κ1) is 18.9. The van der Waals surface area contributed by atoms with Crippen molar-refractivity contribution in [2.75, 3.05) is 6.61 Å². The van der Waals surface area contributed by atoms with Crippen LogP contribution in [0.25, 0.3) is 11.1 Å². The van der Waals surface area contributed by atoms with Gasteiger partial charge >= 0.3 is 6.03 Å². The van der Waals surface area contributed by atoms with Crippen molar-refractivity contribution in [2.45, 2.75) is 39.3 Å². The Morgan fingerprint density at radius 3 is 2.36 bits per heavy atom. The lowest BCUT2D eigenvalue weighted by atomic mass is 10.0. The van der Waals surface area contributed by atoms with Gasteiger partial charge in [0.05, 0.1) is 6.04 Å². The molecule has 1 aromatic heterocycles. The molecule has 1 heterocycles. The fraction of sp³-hybridized carbons (Fsp3) is 0.400. The Bertz CT molecular complexity index is 656. The number of rotatable bonds is 7. The van der Waals surface area contributed by atoms with Gasteiger partial charge in [-0.3, -0.25) is 4.98 Å². The fourth-order valence-electron chi connectivity index (χ4n) is 2.70. The minimum absolute atomic E-state index is 0.0369. The molecule has 134 valence electrons.